The van der Waals surface area contributed by atoms with Crippen LogP contribution in [0.25, 0.3) is 0 Å². The number of aromatic nitrogens is 2. The second-order valence-electron chi connectivity index (χ2n) is 4.43. The summed E-state index contributed by atoms with van der Waals surface area (Å²) in [6.45, 7) is 4.07. The largest absolute Gasteiger partial charge is 0.379 e. The first-order chi connectivity index (χ1) is 9.51. The highest BCUT2D eigenvalue weighted by atomic mass is 32.2. The highest BCUT2D eigenvalue weighted by molar-refractivity contribution is 7.91. The molecule has 0 spiro atoms. The van der Waals surface area contributed by atoms with Gasteiger partial charge in [0.25, 0.3) is 0 Å². The van der Waals surface area contributed by atoms with Gasteiger partial charge in [0.2, 0.25) is 0 Å². The van der Waals surface area contributed by atoms with E-state index in [1.54, 1.807) is 43.6 Å². The van der Waals surface area contributed by atoms with Crippen LogP contribution in [0.3, 0.4) is 0 Å². The Balaban J connectivity index is 2.03. The number of benzene rings is 1. The lowest BCUT2D eigenvalue weighted by molar-refractivity contribution is 0.597. The van der Waals surface area contributed by atoms with Crippen LogP contribution in [-0.4, -0.2) is 24.1 Å². The van der Waals surface area contributed by atoms with Crippen LogP contribution in [0.1, 0.15) is 18.3 Å². The van der Waals surface area contributed by atoms with Gasteiger partial charge in [0.15, 0.2) is 9.84 Å². The molecule has 6 heteroatoms. The summed E-state index contributed by atoms with van der Waals surface area (Å²) in [5, 5.41) is 3.18. The Hall–Kier alpha value is -1.95. The van der Waals surface area contributed by atoms with Gasteiger partial charge < -0.3 is 5.32 Å². The zero-order chi connectivity index (χ0) is 14.6. The number of hydrogen-bond donors (Lipinski definition) is 1. The fraction of sp³-hybridized carbons (Fsp3) is 0.286. The van der Waals surface area contributed by atoms with Crippen LogP contribution < -0.4 is 5.32 Å². The number of nitrogens with zero attached hydrogens (tertiary/aromatic N) is 2. The predicted molar refractivity (Wildman–Crippen MR) is 78.3 cm³/mol. The molecule has 5 nitrogen and oxygen atoms in total. The number of sulfone groups is 1. The maximum Gasteiger partial charge on any atom is 0.178 e. The monoisotopic (exact) mass is 291 g/mol. The molecular formula is C14H17N3O2S. The molecule has 106 valence electrons. The standard InChI is InChI=1S/C14H17N3O2S/c1-3-20(18,19)14-6-4-12(5-7-14)17-10-13-9-15-11(2)8-16-13/h4-9,17H,3,10H2,1-2H3. The van der Waals surface area contributed by atoms with E-state index in [1.165, 1.54) is 0 Å². The fourth-order valence-electron chi connectivity index (χ4n) is 1.65. The molecule has 0 radical (unpaired) electrons. The first-order valence-electron chi connectivity index (χ1n) is 6.35. The number of rotatable bonds is 5. The minimum Gasteiger partial charge on any atom is -0.379 e. The molecule has 2 rings (SSSR count). The molecule has 0 bridgehead atoms. The van der Waals surface area contributed by atoms with Crippen molar-refractivity contribution >= 4 is 15.5 Å². The average molecular weight is 291 g/mol. The van der Waals surface area contributed by atoms with Crippen molar-refractivity contribution in [2.24, 2.45) is 0 Å². The van der Waals surface area contributed by atoms with Crippen LogP contribution in [0.5, 0.6) is 0 Å². The highest BCUT2D eigenvalue weighted by Crippen LogP contribution is 2.15. The van der Waals surface area contributed by atoms with Crippen molar-refractivity contribution in [3.8, 4) is 0 Å². The molecule has 1 heterocycles. The minimum absolute atomic E-state index is 0.110. The molecule has 0 aliphatic heterocycles. The third-order valence-electron chi connectivity index (χ3n) is 2.90. The van der Waals surface area contributed by atoms with Gasteiger partial charge in [-0.1, -0.05) is 6.92 Å². The molecule has 2 aromatic rings. The molecule has 0 saturated carbocycles. The molecule has 0 saturated heterocycles. The normalized spacial score (nSPS) is 11.3. The lowest BCUT2D eigenvalue weighted by atomic mass is 10.3. The molecule has 0 amide bonds. The van der Waals surface area contributed by atoms with E-state index in [2.05, 4.69) is 15.3 Å². The van der Waals surface area contributed by atoms with Crippen LogP contribution in [-0.2, 0) is 16.4 Å². The smallest absolute Gasteiger partial charge is 0.178 e. The maximum atomic E-state index is 11.7. The molecule has 1 N–H and O–H groups in total. The van der Waals surface area contributed by atoms with Gasteiger partial charge >= 0.3 is 0 Å². The summed E-state index contributed by atoms with van der Waals surface area (Å²) in [6.07, 6.45) is 3.44. The van der Waals surface area contributed by atoms with Gasteiger partial charge in [0, 0.05) is 11.9 Å². The summed E-state index contributed by atoms with van der Waals surface area (Å²) < 4.78 is 23.4. The summed E-state index contributed by atoms with van der Waals surface area (Å²) >= 11 is 0. The number of nitrogens with one attached hydrogen (secondary N) is 1. The molecule has 1 aromatic heterocycles. The quantitative estimate of drug-likeness (QED) is 0.914. The summed E-state index contributed by atoms with van der Waals surface area (Å²) in [5.41, 5.74) is 2.56. The van der Waals surface area contributed by atoms with E-state index >= 15 is 0 Å². The lowest BCUT2D eigenvalue weighted by Gasteiger charge is -2.07. The molecule has 1 aromatic carbocycles. The van der Waals surface area contributed by atoms with E-state index in [-0.39, 0.29) is 5.75 Å². The van der Waals surface area contributed by atoms with Gasteiger partial charge in [-0.05, 0) is 31.2 Å². The fourth-order valence-corrected chi connectivity index (χ4v) is 2.53. The Morgan fingerprint density at radius 2 is 1.80 bits per heavy atom. The number of hydrogen-bond acceptors (Lipinski definition) is 5. The Morgan fingerprint density at radius 1 is 1.10 bits per heavy atom. The van der Waals surface area contributed by atoms with Crippen molar-refractivity contribution < 1.29 is 8.42 Å². The second kappa shape index (κ2) is 6.00. The summed E-state index contributed by atoms with van der Waals surface area (Å²) in [7, 11) is -3.14. The van der Waals surface area contributed by atoms with E-state index in [1.807, 2.05) is 6.92 Å². The topological polar surface area (TPSA) is 72.0 Å². The number of aryl methyl sites for hydroxylation is 1. The number of anilines is 1. The Labute approximate surface area is 119 Å². The van der Waals surface area contributed by atoms with E-state index in [0.717, 1.165) is 17.1 Å². The van der Waals surface area contributed by atoms with Crippen molar-refractivity contribution in [2.45, 2.75) is 25.3 Å². The van der Waals surface area contributed by atoms with Gasteiger partial charge in [-0.2, -0.15) is 0 Å². The van der Waals surface area contributed by atoms with Gasteiger partial charge in [0.05, 0.1) is 34.8 Å². The Kier molecular flexibility index (Phi) is 4.34. The third kappa shape index (κ3) is 3.54. The average Bonchev–Trinajstić information content (AvgIpc) is 2.47. The Bertz CT molecular complexity index is 665. The zero-order valence-corrected chi connectivity index (χ0v) is 12.3. The third-order valence-corrected chi connectivity index (χ3v) is 4.65. The zero-order valence-electron chi connectivity index (χ0n) is 11.5. The molecular weight excluding hydrogens is 274 g/mol. The first kappa shape index (κ1) is 14.5. The summed E-state index contributed by atoms with van der Waals surface area (Å²) in [4.78, 5) is 8.76. The van der Waals surface area contributed by atoms with E-state index in [4.69, 9.17) is 0 Å². The molecule has 0 atom stereocenters. The molecule has 0 aliphatic rings. The van der Waals surface area contributed by atoms with Crippen molar-refractivity contribution in [2.75, 3.05) is 11.1 Å². The van der Waals surface area contributed by atoms with E-state index < -0.39 is 9.84 Å². The molecule has 0 fully saturated rings. The van der Waals surface area contributed by atoms with Crippen LogP contribution in [0.2, 0.25) is 0 Å². The first-order valence-corrected chi connectivity index (χ1v) is 8.00. The van der Waals surface area contributed by atoms with Gasteiger partial charge in [-0.3, -0.25) is 9.97 Å². The van der Waals surface area contributed by atoms with Crippen LogP contribution in [0.4, 0.5) is 5.69 Å². The molecule has 0 aliphatic carbocycles. The Morgan fingerprint density at radius 3 is 2.35 bits per heavy atom. The van der Waals surface area contributed by atoms with E-state index in [9.17, 15) is 8.42 Å². The van der Waals surface area contributed by atoms with Crippen LogP contribution in [0, 0.1) is 6.92 Å². The van der Waals surface area contributed by atoms with Gasteiger partial charge in [-0.25, -0.2) is 8.42 Å². The van der Waals surface area contributed by atoms with Crippen molar-refractivity contribution in [1.82, 2.24) is 9.97 Å². The lowest BCUT2D eigenvalue weighted by Crippen LogP contribution is -2.05. The maximum absolute atomic E-state index is 11.7. The highest BCUT2D eigenvalue weighted by Gasteiger charge is 2.10. The van der Waals surface area contributed by atoms with Crippen molar-refractivity contribution in [3.05, 3.63) is 48.0 Å². The van der Waals surface area contributed by atoms with Crippen molar-refractivity contribution in [1.29, 1.82) is 0 Å². The van der Waals surface area contributed by atoms with Crippen LogP contribution in [0.15, 0.2) is 41.6 Å². The molecule has 20 heavy (non-hydrogen) atoms. The SMILES string of the molecule is CCS(=O)(=O)c1ccc(NCc2cnc(C)cn2)cc1. The summed E-state index contributed by atoms with van der Waals surface area (Å²) in [5.74, 6) is 0.110. The predicted octanol–water partition coefficient (Wildman–Crippen LogP) is 2.19. The minimum atomic E-state index is -3.14. The summed E-state index contributed by atoms with van der Waals surface area (Å²) in [6, 6.07) is 6.73. The van der Waals surface area contributed by atoms with Gasteiger partial charge in [0.1, 0.15) is 0 Å². The molecule has 0 unspecified atom stereocenters. The second-order valence-corrected chi connectivity index (χ2v) is 6.71. The van der Waals surface area contributed by atoms with E-state index in [0.29, 0.717) is 11.4 Å². The van der Waals surface area contributed by atoms with Crippen molar-refractivity contribution in [3.63, 3.8) is 0 Å². The van der Waals surface area contributed by atoms with Crippen LogP contribution >= 0.6 is 0 Å². The van der Waals surface area contributed by atoms with Gasteiger partial charge in [-0.15, -0.1) is 0 Å².